The average molecular weight is 255 g/mol. The van der Waals surface area contributed by atoms with Crippen LogP contribution in [0.2, 0.25) is 0 Å². The quantitative estimate of drug-likeness (QED) is 0.749. The first-order valence-electron chi connectivity index (χ1n) is 7.02. The number of nitrogens with zero attached hydrogens (tertiary/aromatic N) is 2. The summed E-state index contributed by atoms with van der Waals surface area (Å²) in [6, 6.07) is 0.0557. The molecule has 0 radical (unpaired) electrons. The van der Waals surface area contributed by atoms with E-state index in [2.05, 4.69) is 45.1 Å². The molecule has 1 saturated heterocycles. The number of carbonyl (C=O) groups is 1. The van der Waals surface area contributed by atoms with Crippen LogP contribution in [0.4, 0.5) is 0 Å². The van der Waals surface area contributed by atoms with E-state index in [0.717, 1.165) is 32.4 Å². The van der Waals surface area contributed by atoms with E-state index in [1.54, 1.807) is 0 Å². The van der Waals surface area contributed by atoms with Crippen LogP contribution < -0.4 is 5.32 Å². The number of hydrogen-bond acceptors (Lipinski definition) is 3. The molecule has 106 valence electrons. The first-order chi connectivity index (χ1) is 8.35. The molecule has 0 saturated carbocycles. The van der Waals surface area contributed by atoms with E-state index in [9.17, 15) is 4.79 Å². The molecule has 1 unspecified atom stereocenters. The van der Waals surface area contributed by atoms with Gasteiger partial charge >= 0.3 is 0 Å². The highest BCUT2D eigenvalue weighted by Crippen LogP contribution is 2.20. The second-order valence-corrected chi connectivity index (χ2v) is 6.50. The Morgan fingerprint density at radius 1 is 1.44 bits per heavy atom. The van der Waals surface area contributed by atoms with Gasteiger partial charge < -0.3 is 9.80 Å². The van der Waals surface area contributed by atoms with Gasteiger partial charge in [-0.15, -0.1) is 0 Å². The van der Waals surface area contributed by atoms with Gasteiger partial charge in [0.1, 0.15) is 0 Å². The predicted octanol–water partition coefficient (Wildman–Crippen LogP) is 1.52. The zero-order chi connectivity index (χ0) is 13.8. The number of nitrogens with one attached hydrogen (secondary N) is 1. The SMILES string of the molecule is CCCCC1NCN(CC(C)(C)CN(C)C)C1=O. The van der Waals surface area contributed by atoms with Crippen LogP contribution in [-0.2, 0) is 4.79 Å². The van der Waals surface area contributed by atoms with Crippen LogP contribution in [-0.4, -0.2) is 55.6 Å². The summed E-state index contributed by atoms with van der Waals surface area (Å²) in [6.07, 6.45) is 3.25. The second-order valence-electron chi connectivity index (χ2n) is 6.50. The minimum atomic E-state index is 0.0557. The van der Waals surface area contributed by atoms with Gasteiger partial charge in [-0.3, -0.25) is 10.1 Å². The van der Waals surface area contributed by atoms with Gasteiger partial charge in [-0.2, -0.15) is 0 Å². The van der Waals surface area contributed by atoms with Crippen molar-refractivity contribution in [2.45, 2.75) is 46.1 Å². The summed E-state index contributed by atoms with van der Waals surface area (Å²) in [7, 11) is 4.16. The maximum absolute atomic E-state index is 12.2. The summed E-state index contributed by atoms with van der Waals surface area (Å²) < 4.78 is 0. The van der Waals surface area contributed by atoms with Gasteiger partial charge in [-0.05, 0) is 25.9 Å². The fourth-order valence-corrected chi connectivity index (χ4v) is 2.80. The van der Waals surface area contributed by atoms with E-state index in [1.165, 1.54) is 0 Å². The standard InChI is InChI=1S/C14H29N3O/c1-6-7-8-12-13(18)17(11-15-12)10-14(2,3)9-16(4)5/h12,15H,6-11H2,1-5H3. The first-order valence-corrected chi connectivity index (χ1v) is 7.02. The van der Waals surface area contributed by atoms with E-state index >= 15 is 0 Å². The van der Waals surface area contributed by atoms with Crippen molar-refractivity contribution in [3.63, 3.8) is 0 Å². The molecule has 0 aromatic heterocycles. The molecule has 1 heterocycles. The second kappa shape index (κ2) is 6.53. The molecule has 1 amide bonds. The van der Waals surface area contributed by atoms with Crippen LogP contribution in [0.3, 0.4) is 0 Å². The molecule has 4 nitrogen and oxygen atoms in total. The summed E-state index contributed by atoms with van der Waals surface area (Å²) >= 11 is 0. The number of hydrogen-bond donors (Lipinski definition) is 1. The minimum absolute atomic E-state index is 0.0557. The summed E-state index contributed by atoms with van der Waals surface area (Å²) in [5, 5.41) is 3.33. The molecule has 1 rings (SSSR count). The summed E-state index contributed by atoms with van der Waals surface area (Å²) in [4.78, 5) is 16.4. The van der Waals surface area contributed by atoms with Gasteiger partial charge in [0, 0.05) is 13.1 Å². The molecule has 0 bridgehead atoms. The lowest BCUT2D eigenvalue weighted by Gasteiger charge is -2.32. The number of amides is 1. The monoisotopic (exact) mass is 255 g/mol. The van der Waals surface area contributed by atoms with E-state index in [4.69, 9.17) is 0 Å². The molecule has 1 N–H and O–H groups in total. The number of rotatable bonds is 7. The molecule has 0 aromatic carbocycles. The zero-order valence-electron chi connectivity index (χ0n) is 12.6. The maximum atomic E-state index is 12.2. The molecular formula is C14H29N3O. The molecule has 18 heavy (non-hydrogen) atoms. The van der Waals surface area contributed by atoms with Gasteiger partial charge in [0.15, 0.2) is 0 Å². The largest absolute Gasteiger partial charge is 0.328 e. The molecule has 0 spiro atoms. The lowest BCUT2D eigenvalue weighted by molar-refractivity contribution is -0.130. The Bertz CT molecular complexity index is 276. The van der Waals surface area contributed by atoms with Crippen molar-refractivity contribution in [1.29, 1.82) is 0 Å². The first kappa shape index (κ1) is 15.4. The van der Waals surface area contributed by atoms with Crippen LogP contribution in [0.25, 0.3) is 0 Å². The molecule has 1 aliphatic rings. The normalized spacial score (nSPS) is 21.1. The van der Waals surface area contributed by atoms with Crippen molar-refractivity contribution in [2.75, 3.05) is 33.9 Å². The summed E-state index contributed by atoms with van der Waals surface area (Å²) in [5.41, 5.74) is 0.139. The van der Waals surface area contributed by atoms with E-state index in [-0.39, 0.29) is 17.4 Å². The highest BCUT2D eigenvalue weighted by molar-refractivity contribution is 5.83. The third-order valence-corrected chi connectivity index (χ3v) is 3.35. The molecule has 1 atom stereocenters. The van der Waals surface area contributed by atoms with Crippen LogP contribution in [0.5, 0.6) is 0 Å². The van der Waals surface area contributed by atoms with E-state index in [1.807, 2.05) is 4.90 Å². The molecule has 1 fully saturated rings. The predicted molar refractivity (Wildman–Crippen MR) is 75.4 cm³/mol. The van der Waals surface area contributed by atoms with Crippen LogP contribution in [0.15, 0.2) is 0 Å². The lowest BCUT2D eigenvalue weighted by atomic mass is 9.92. The Morgan fingerprint density at radius 3 is 2.67 bits per heavy atom. The minimum Gasteiger partial charge on any atom is -0.328 e. The Morgan fingerprint density at radius 2 is 2.11 bits per heavy atom. The van der Waals surface area contributed by atoms with E-state index < -0.39 is 0 Å². The maximum Gasteiger partial charge on any atom is 0.240 e. The highest BCUT2D eigenvalue weighted by Gasteiger charge is 2.34. The van der Waals surface area contributed by atoms with Crippen LogP contribution in [0, 0.1) is 5.41 Å². The van der Waals surface area contributed by atoms with Crippen molar-refractivity contribution < 1.29 is 4.79 Å². The van der Waals surface area contributed by atoms with Crippen LogP contribution >= 0.6 is 0 Å². The third kappa shape index (κ3) is 4.58. The molecular weight excluding hydrogens is 226 g/mol. The zero-order valence-corrected chi connectivity index (χ0v) is 12.6. The Hall–Kier alpha value is -0.610. The third-order valence-electron chi connectivity index (χ3n) is 3.35. The van der Waals surface area contributed by atoms with Gasteiger partial charge in [-0.25, -0.2) is 0 Å². The molecule has 4 heteroatoms. The summed E-state index contributed by atoms with van der Waals surface area (Å²) in [5.74, 6) is 0.287. The number of carbonyl (C=O) groups excluding carboxylic acids is 1. The van der Waals surface area contributed by atoms with Crippen molar-refractivity contribution in [1.82, 2.24) is 15.1 Å². The smallest absolute Gasteiger partial charge is 0.240 e. The summed E-state index contributed by atoms with van der Waals surface area (Å²) in [6.45, 7) is 9.15. The van der Waals surface area contributed by atoms with Crippen LogP contribution in [0.1, 0.15) is 40.0 Å². The average Bonchev–Trinajstić information content (AvgIpc) is 2.55. The highest BCUT2D eigenvalue weighted by atomic mass is 16.2. The van der Waals surface area contributed by atoms with Gasteiger partial charge in [-0.1, -0.05) is 33.6 Å². The fourth-order valence-electron chi connectivity index (χ4n) is 2.80. The van der Waals surface area contributed by atoms with Crippen molar-refractivity contribution in [3.8, 4) is 0 Å². The van der Waals surface area contributed by atoms with Crippen molar-refractivity contribution in [2.24, 2.45) is 5.41 Å². The lowest BCUT2D eigenvalue weighted by Crippen LogP contribution is -2.42. The van der Waals surface area contributed by atoms with Gasteiger partial charge in [0.2, 0.25) is 5.91 Å². The van der Waals surface area contributed by atoms with Gasteiger partial charge in [0.25, 0.3) is 0 Å². The fraction of sp³-hybridized carbons (Fsp3) is 0.929. The van der Waals surface area contributed by atoms with E-state index in [0.29, 0.717) is 6.67 Å². The van der Waals surface area contributed by atoms with Crippen molar-refractivity contribution >= 4 is 5.91 Å². The number of unbranched alkanes of at least 4 members (excludes halogenated alkanes) is 1. The Labute approximate surface area is 112 Å². The molecule has 0 aromatic rings. The topological polar surface area (TPSA) is 35.6 Å². The Kier molecular flexibility index (Phi) is 5.60. The van der Waals surface area contributed by atoms with Crippen molar-refractivity contribution in [3.05, 3.63) is 0 Å². The van der Waals surface area contributed by atoms with Gasteiger partial charge in [0.05, 0.1) is 12.7 Å². The Balaban J connectivity index is 2.47. The molecule has 1 aliphatic heterocycles. The molecule has 0 aliphatic carbocycles.